The number of nitrogen functional groups attached to an aromatic ring is 1. The Morgan fingerprint density at radius 1 is 1.22 bits per heavy atom. The van der Waals surface area contributed by atoms with Crippen LogP contribution in [0, 0.1) is 6.92 Å². The van der Waals surface area contributed by atoms with Gasteiger partial charge in [0.15, 0.2) is 0 Å². The molecule has 0 saturated carbocycles. The van der Waals surface area contributed by atoms with Gasteiger partial charge in [0.05, 0.1) is 5.69 Å². The van der Waals surface area contributed by atoms with Gasteiger partial charge in [0.25, 0.3) is 0 Å². The van der Waals surface area contributed by atoms with Gasteiger partial charge in [-0.25, -0.2) is 9.97 Å². The lowest BCUT2D eigenvalue weighted by atomic mass is 10.2. The SMILES string of the molecule is Cc1ccc(N)cc1Oc1ncnc2c1CCC2. The van der Waals surface area contributed by atoms with Gasteiger partial charge in [-0.2, -0.15) is 0 Å². The quantitative estimate of drug-likeness (QED) is 0.821. The summed E-state index contributed by atoms with van der Waals surface area (Å²) in [4.78, 5) is 8.53. The topological polar surface area (TPSA) is 61.0 Å². The third-order valence-electron chi connectivity index (χ3n) is 3.25. The maximum absolute atomic E-state index is 5.90. The molecule has 0 unspecified atom stereocenters. The van der Waals surface area contributed by atoms with Crippen molar-refractivity contribution in [2.45, 2.75) is 26.2 Å². The second kappa shape index (κ2) is 4.29. The molecule has 4 nitrogen and oxygen atoms in total. The van der Waals surface area contributed by atoms with Crippen molar-refractivity contribution in [3.05, 3.63) is 41.3 Å². The Hall–Kier alpha value is -2.10. The molecule has 0 amide bonds. The van der Waals surface area contributed by atoms with Crippen molar-refractivity contribution in [2.24, 2.45) is 0 Å². The summed E-state index contributed by atoms with van der Waals surface area (Å²) in [5.41, 5.74) is 9.78. The standard InChI is InChI=1S/C14H15N3O/c1-9-5-6-10(15)7-13(9)18-14-11-3-2-4-12(11)16-8-17-14/h5-8H,2-4,15H2,1H3. The molecular weight excluding hydrogens is 226 g/mol. The first-order chi connectivity index (χ1) is 8.74. The second-order valence-electron chi connectivity index (χ2n) is 4.58. The van der Waals surface area contributed by atoms with Gasteiger partial charge in [0, 0.05) is 17.3 Å². The largest absolute Gasteiger partial charge is 0.438 e. The van der Waals surface area contributed by atoms with Crippen molar-refractivity contribution in [2.75, 3.05) is 5.73 Å². The molecule has 0 fully saturated rings. The number of anilines is 1. The highest BCUT2D eigenvalue weighted by Gasteiger charge is 2.18. The monoisotopic (exact) mass is 241 g/mol. The average molecular weight is 241 g/mol. The van der Waals surface area contributed by atoms with Crippen molar-refractivity contribution in [3.8, 4) is 11.6 Å². The van der Waals surface area contributed by atoms with Crippen LogP contribution in [0.5, 0.6) is 11.6 Å². The van der Waals surface area contributed by atoms with E-state index in [1.165, 1.54) is 0 Å². The number of aryl methyl sites for hydroxylation is 2. The summed E-state index contributed by atoms with van der Waals surface area (Å²) in [6.45, 7) is 2.00. The fraction of sp³-hybridized carbons (Fsp3) is 0.286. The number of rotatable bonds is 2. The maximum Gasteiger partial charge on any atom is 0.225 e. The molecule has 18 heavy (non-hydrogen) atoms. The number of nitrogens with two attached hydrogens (primary N) is 1. The Bertz CT molecular complexity index is 596. The average Bonchev–Trinajstić information content (AvgIpc) is 2.83. The van der Waals surface area contributed by atoms with E-state index in [1.807, 2.05) is 25.1 Å². The molecule has 2 aromatic rings. The van der Waals surface area contributed by atoms with Gasteiger partial charge in [-0.1, -0.05) is 6.07 Å². The number of hydrogen-bond donors (Lipinski definition) is 1. The van der Waals surface area contributed by atoms with Crippen LogP contribution in [0.25, 0.3) is 0 Å². The van der Waals surface area contributed by atoms with Crippen molar-refractivity contribution in [1.82, 2.24) is 9.97 Å². The molecular formula is C14H15N3O. The highest BCUT2D eigenvalue weighted by molar-refractivity contribution is 5.49. The number of fused-ring (bicyclic) bond motifs is 1. The highest BCUT2D eigenvalue weighted by atomic mass is 16.5. The summed E-state index contributed by atoms with van der Waals surface area (Å²) >= 11 is 0. The van der Waals surface area contributed by atoms with E-state index < -0.39 is 0 Å². The Balaban J connectivity index is 1.98. The Morgan fingerprint density at radius 3 is 3.00 bits per heavy atom. The number of aromatic nitrogens is 2. The van der Waals surface area contributed by atoms with Crippen LogP contribution in [0.15, 0.2) is 24.5 Å². The summed E-state index contributed by atoms with van der Waals surface area (Å²) in [5.74, 6) is 1.44. The van der Waals surface area contributed by atoms with Crippen LogP contribution in [0.2, 0.25) is 0 Å². The van der Waals surface area contributed by atoms with Crippen LogP contribution in [-0.4, -0.2) is 9.97 Å². The van der Waals surface area contributed by atoms with Gasteiger partial charge < -0.3 is 10.5 Å². The predicted molar refractivity (Wildman–Crippen MR) is 69.7 cm³/mol. The van der Waals surface area contributed by atoms with Gasteiger partial charge in [-0.15, -0.1) is 0 Å². The molecule has 0 atom stereocenters. The van der Waals surface area contributed by atoms with Crippen molar-refractivity contribution in [3.63, 3.8) is 0 Å². The predicted octanol–water partition coefficient (Wildman–Crippen LogP) is 2.65. The van der Waals surface area contributed by atoms with Gasteiger partial charge in [0.1, 0.15) is 12.1 Å². The second-order valence-corrected chi connectivity index (χ2v) is 4.58. The minimum Gasteiger partial charge on any atom is -0.438 e. The number of hydrogen-bond acceptors (Lipinski definition) is 4. The molecule has 0 bridgehead atoms. The van der Waals surface area contributed by atoms with E-state index in [0.717, 1.165) is 41.8 Å². The fourth-order valence-corrected chi connectivity index (χ4v) is 2.25. The van der Waals surface area contributed by atoms with Crippen LogP contribution >= 0.6 is 0 Å². The highest BCUT2D eigenvalue weighted by Crippen LogP contribution is 2.32. The van der Waals surface area contributed by atoms with E-state index in [9.17, 15) is 0 Å². The van der Waals surface area contributed by atoms with Gasteiger partial charge in [-0.3, -0.25) is 0 Å². The summed E-state index contributed by atoms with van der Waals surface area (Å²) in [7, 11) is 0. The zero-order valence-corrected chi connectivity index (χ0v) is 10.3. The lowest BCUT2D eigenvalue weighted by molar-refractivity contribution is 0.452. The van der Waals surface area contributed by atoms with Crippen molar-refractivity contribution < 1.29 is 4.74 Å². The summed E-state index contributed by atoms with van der Waals surface area (Å²) < 4.78 is 5.90. The smallest absolute Gasteiger partial charge is 0.225 e. The number of ether oxygens (including phenoxy) is 1. The zero-order chi connectivity index (χ0) is 12.5. The Labute approximate surface area is 106 Å². The first-order valence-electron chi connectivity index (χ1n) is 6.11. The van der Waals surface area contributed by atoms with Gasteiger partial charge in [0.2, 0.25) is 5.88 Å². The number of nitrogens with zero attached hydrogens (tertiary/aromatic N) is 2. The molecule has 0 radical (unpaired) electrons. The molecule has 1 aliphatic carbocycles. The molecule has 2 N–H and O–H groups in total. The summed E-state index contributed by atoms with van der Waals surface area (Å²) in [6, 6.07) is 5.65. The van der Waals surface area contributed by atoms with Crippen molar-refractivity contribution >= 4 is 5.69 Å². The molecule has 1 aromatic carbocycles. The van der Waals surface area contributed by atoms with Gasteiger partial charge >= 0.3 is 0 Å². The minimum absolute atomic E-state index is 0.672. The summed E-state index contributed by atoms with van der Waals surface area (Å²) in [5, 5.41) is 0. The van der Waals surface area contributed by atoms with E-state index in [4.69, 9.17) is 10.5 Å². The van der Waals surface area contributed by atoms with Crippen LogP contribution < -0.4 is 10.5 Å². The molecule has 1 aliphatic rings. The molecule has 1 heterocycles. The molecule has 3 rings (SSSR count). The summed E-state index contributed by atoms with van der Waals surface area (Å²) in [6.07, 6.45) is 4.71. The van der Waals surface area contributed by atoms with E-state index in [2.05, 4.69) is 9.97 Å². The van der Waals surface area contributed by atoms with Crippen LogP contribution in [0.3, 0.4) is 0 Å². The van der Waals surface area contributed by atoms with Crippen LogP contribution in [-0.2, 0) is 12.8 Å². The number of benzene rings is 1. The fourth-order valence-electron chi connectivity index (χ4n) is 2.25. The molecule has 0 saturated heterocycles. The minimum atomic E-state index is 0.672. The van der Waals surface area contributed by atoms with E-state index in [1.54, 1.807) is 6.33 Å². The Morgan fingerprint density at radius 2 is 2.11 bits per heavy atom. The van der Waals surface area contributed by atoms with E-state index in [-0.39, 0.29) is 0 Å². The first-order valence-corrected chi connectivity index (χ1v) is 6.11. The van der Waals surface area contributed by atoms with Gasteiger partial charge in [-0.05, 0) is 37.8 Å². The lowest BCUT2D eigenvalue weighted by Crippen LogP contribution is -1.98. The molecule has 0 aliphatic heterocycles. The molecule has 4 heteroatoms. The lowest BCUT2D eigenvalue weighted by Gasteiger charge is -2.11. The van der Waals surface area contributed by atoms with Crippen LogP contribution in [0.4, 0.5) is 5.69 Å². The normalized spacial score (nSPS) is 13.4. The molecule has 0 spiro atoms. The Kier molecular flexibility index (Phi) is 2.63. The molecule has 92 valence electrons. The molecule has 1 aromatic heterocycles. The third kappa shape index (κ3) is 1.90. The van der Waals surface area contributed by atoms with E-state index >= 15 is 0 Å². The van der Waals surface area contributed by atoms with Crippen molar-refractivity contribution in [1.29, 1.82) is 0 Å². The van der Waals surface area contributed by atoms with Crippen LogP contribution in [0.1, 0.15) is 23.2 Å². The maximum atomic E-state index is 5.90. The first kappa shape index (κ1) is 11.0. The van der Waals surface area contributed by atoms with E-state index in [0.29, 0.717) is 11.6 Å². The zero-order valence-electron chi connectivity index (χ0n) is 10.3. The third-order valence-corrected chi connectivity index (χ3v) is 3.25.